The van der Waals surface area contributed by atoms with E-state index in [0.717, 1.165) is 5.56 Å². The molecule has 146 valence electrons. The lowest BCUT2D eigenvalue weighted by molar-refractivity contribution is -0.143. The lowest BCUT2D eigenvalue weighted by Gasteiger charge is -2.26. The predicted molar refractivity (Wildman–Crippen MR) is 101 cm³/mol. The van der Waals surface area contributed by atoms with Gasteiger partial charge in [-0.15, -0.1) is 0 Å². The van der Waals surface area contributed by atoms with Crippen LogP contribution in [0.4, 0.5) is 4.39 Å². The average molecular weight is 384 g/mol. The van der Waals surface area contributed by atoms with Crippen molar-refractivity contribution < 1.29 is 18.7 Å². The molecule has 1 aliphatic rings. The van der Waals surface area contributed by atoms with Crippen LogP contribution in [0.15, 0.2) is 42.5 Å². The van der Waals surface area contributed by atoms with Crippen LogP contribution in [0.25, 0.3) is 0 Å². The molecule has 0 unspecified atom stereocenters. The van der Waals surface area contributed by atoms with E-state index in [4.69, 9.17) is 15.9 Å². The van der Waals surface area contributed by atoms with Gasteiger partial charge in [0.05, 0.1) is 6.54 Å². The first-order chi connectivity index (χ1) is 13.4. The van der Waals surface area contributed by atoms with E-state index in [1.54, 1.807) is 31.2 Å². The minimum Gasteiger partial charge on any atom is -0.384 e. The molecule has 0 fully saturated rings. The van der Waals surface area contributed by atoms with Gasteiger partial charge in [-0.1, -0.05) is 30.3 Å². The maximum Gasteiger partial charge on any atom is 0.270 e. The Bertz CT molecular complexity index is 914. The number of nitrogens with two attached hydrogens (primary N) is 1. The predicted octanol–water partition coefficient (Wildman–Crippen LogP) is 1.74. The Morgan fingerprint density at radius 1 is 1.32 bits per heavy atom. The maximum absolute atomic E-state index is 14.0. The smallest absolute Gasteiger partial charge is 0.270 e. The molecule has 8 heteroatoms. The van der Waals surface area contributed by atoms with Gasteiger partial charge in [0.2, 0.25) is 6.23 Å². The molecule has 1 heterocycles. The molecule has 0 saturated heterocycles. The lowest BCUT2D eigenvalue weighted by Crippen LogP contribution is -2.48. The van der Waals surface area contributed by atoms with Gasteiger partial charge in [-0.25, -0.2) is 4.39 Å². The summed E-state index contributed by atoms with van der Waals surface area (Å²) in [6.45, 7) is 2.12. The van der Waals surface area contributed by atoms with Gasteiger partial charge >= 0.3 is 0 Å². The molecule has 0 aromatic heterocycles. The molecule has 0 radical (unpaired) electrons. The van der Waals surface area contributed by atoms with Gasteiger partial charge in [0.15, 0.2) is 0 Å². The summed E-state index contributed by atoms with van der Waals surface area (Å²) in [4.78, 5) is 26.5. The molecule has 28 heavy (non-hydrogen) atoms. The Kier molecular flexibility index (Phi) is 5.70. The Morgan fingerprint density at radius 3 is 2.64 bits per heavy atom. The Balaban J connectivity index is 1.70. The van der Waals surface area contributed by atoms with Gasteiger partial charge < -0.3 is 20.7 Å². The highest BCUT2D eigenvalue weighted by Gasteiger charge is 2.38. The number of nitrogens with zero attached hydrogens (tertiary/aromatic N) is 1. The Hall–Kier alpha value is -3.26. The first-order valence-electron chi connectivity index (χ1n) is 8.83. The van der Waals surface area contributed by atoms with Crippen LogP contribution in [-0.4, -0.2) is 35.4 Å². The minimum absolute atomic E-state index is 0.0216. The van der Waals surface area contributed by atoms with Crippen LogP contribution in [-0.2, 0) is 22.6 Å². The number of halogens is 1. The average Bonchev–Trinajstić information content (AvgIpc) is 3.02. The number of hydrogen-bond acceptors (Lipinski definition) is 4. The number of carbonyl (C=O) groups is 2. The second-order valence-electron chi connectivity index (χ2n) is 6.34. The zero-order valence-electron chi connectivity index (χ0n) is 15.4. The number of amidine groups is 1. The number of carbonyl (C=O) groups excluding carboxylic acids is 2. The van der Waals surface area contributed by atoms with Crippen molar-refractivity contribution in [3.63, 3.8) is 0 Å². The van der Waals surface area contributed by atoms with Crippen molar-refractivity contribution in [3.8, 4) is 0 Å². The molecule has 2 amide bonds. The van der Waals surface area contributed by atoms with Crippen LogP contribution >= 0.6 is 0 Å². The number of fused-ring (bicyclic) bond motifs is 1. The number of ether oxygens (including phenoxy) is 1. The summed E-state index contributed by atoms with van der Waals surface area (Å²) in [5, 5.41) is 10.1. The fourth-order valence-corrected chi connectivity index (χ4v) is 3.05. The molecule has 0 spiro atoms. The van der Waals surface area contributed by atoms with E-state index in [-0.39, 0.29) is 36.7 Å². The van der Waals surface area contributed by atoms with Crippen molar-refractivity contribution in [1.82, 2.24) is 10.2 Å². The van der Waals surface area contributed by atoms with Crippen molar-refractivity contribution in [2.75, 3.05) is 6.61 Å². The zero-order chi connectivity index (χ0) is 20.3. The van der Waals surface area contributed by atoms with E-state index >= 15 is 0 Å². The van der Waals surface area contributed by atoms with Crippen molar-refractivity contribution in [3.05, 3.63) is 70.5 Å². The highest BCUT2D eigenvalue weighted by Crippen LogP contribution is 2.27. The summed E-state index contributed by atoms with van der Waals surface area (Å²) < 4.78 is 19.5. The highest BCUT2D eigenvalue weighted by atomic mass is 19.1. The fraction of sp³-hybridized carbons (Fsp3) is 0.250. The summed E-state index contributed by atoms with van der Waals surface area (Å²) in [6.07, 6.45) is -1.15. The van der Waals surface area contributed by atoms with Crippen LogP contribution in [0.2, 0.25) is 0 Å². The van der Waals surface area contributed by atoms with Crippen molar-refractivity contribution in [2.24, 2.45) is 5.73 Å². The molecule has 3 rings (SSSR count). The quantitative estimate of drug-likeness (QED) is 0.499. The Labute approximate surface area is 161 Å². The number of amides is 2. The van der Waals surface area contributed by atoms with Crippen molar-refractivity contribution >= 4 is 17.6 Å². The first-order valence-corrected chi connectivity index (χ1v) is 8.83. The molecule has 4 N–H and O–H groups in total. The van der Waals surface area contributed by atoms with E-state index in [0.29, 0.717) is 5.56 Å². The Morgan fingerprint density at radius 2 is 2.04 bits per heavy atom. The topological polar surface area (TPSA) is 109 Å². The van der Waals surface area contributed by atoms with Gasteiger partial charge in [0.1, 0.15) is 11.7 Å². The molecular formula is C20H21FN4O3. The monoisotopic (exact) mass is 384 g/mol. The molecule has 1 aliphatic heterocycles. The fourth-order valence-electron chi connectivity index (χ4n) is 3.05. The van der Waals surface area contributed by atoms with Gasteiger partial charge in [-0.05, 0) is 24.6 Å². The molecule has 0 saturated carbocycles. The number of hydrogen-bond donors (Lipinski definition) is 3. The first kappa shape index (κ1) is 19.5. The van der Waals surface area contributed by atoms with Crippen molar-refractivity contribution in [2.45, 2.75) is 26.2 Å². The normalized spacial score (nSPS) is 13.9. The van der Waals surface area contributed by atoms with E-state index in [9.17, 15) is 14.0 Å². The summed E-state index contributed by atoms with van der Waals surface area (Å²) >= 11 is 0. The molecule has 2 aromatic rings. The maximum atomic E-state index is 14.0. The second-order valence-corrected chi connectivity index (χ2v) is 6.34. The summed E-state index contributed by atoms with van der Waals surface area (Å²) in [5.74, 6) is -1.44. The van der Waals surface area contributed by atoms with Gasteiger partial charge in [-0.3, -0.25) is 15.0 Å². The number of nitrogen functional groups attached to an aromatic ring is 1. The van der Waals surface area contributed by atoms with Crippen LogP contribution in [0.1, 0.15) is 34.0 Å². The number of rotatable bonds is 7. The summed E-state index contributed by atoms with van der Waals surface area (Å²) in [6, 6.07) is 11.2. The van der Waals surface area contributed by atoms with Gasteiger partial charge in [0, 0.05) is 29.8 Å². The third-order valence-electron chi connectivity index (χ3n) is 4.50. The van der Waals surface area contributed by atoms with Crippen LogP contribution in [0, 0.1) is 11.2 Å². The molecule has 0 bridgehead atoms. The van der Waals surface area contributed by atoms with Crippen molar-refractivity contribution in [1.29, 1.82) is 5.41 Å². The van der Waals surface area contributed by atoms with Crippen LogP contribution in [0.3, 0.4) is 0 Å². The number of nitrogens with one attached hydrogen (secondary N) is 2. The molecule has 0 aliphatic carbocycles. The molecule has 1 atom stereocenters. The van der Waals surface area contributed by atoms with E-state index in [2.05, 4.69) is 5.32 Å². The second kappa shape index (κ2) is 8.18. The summed E-state index contributed by atoms with van der Waals surface area (Å²) in [5.41, 5.74) is 7.33. The standard InChI is InChI=1S/C20H21FN4O3/c1-2-28-20(25-11-15-14(19(25)27)4-3-5-16(15)21)18(26)24-10-12-6-8-13(9-7-12)17(22)23/h3-9,20H,2,10-11H2,1H3,(H3,22,23)(H,24,26)/t20-/m0/s1. The lowest BCUT2D eigenvalue weighted by atomic mass is 10.1. The zero-order valence-corrected chi connectivity index (χ0v) is 15.4. The highest BCUT2D eigenvalue weighted by molar-refractivity contribution is 6.00. The van der Waals surface area contributed by atoms with E-state index in [1.165, 1.54) is 23.1 Å². The third-order valence-corrected chi connectivity index (χ3v) is 4.50. The van der Waals surface area contributed by atoms with Crippen LogP contribution in [0.5, 0.6) is 0 Å². The van der Waals surface area contributed by atoms with E-state index in [1.807, 2.05) is 0 Å². The molecule has 2 aromatic carbocycles. The minimum atomic E-state index is -1.15. The van der Waals surface area contributed by atoms with Gasteiger partial charge in [0.25, 0.3) is 11.8 Å². The van der Waals surface area contributed by atoms with Crippen LogP contribution < -0.4 is 11.1 Å². The third kappa shape index (κ3) is 3.86. The number of benzene rings is 2. The van der Waals surface area contributed by atoms with Gasteiger partial charge in [-0.2, -0.15) is 0 Å². The molecular weight excluding hydrogens is 363 g/mol. The largest absolute Gasteiger partial charge is 0.384 e. The SMILES string of the molecule is CCO[C@@H](C(=O)NCc1ccc(C(=N)N)cc1)N1Cc2c(F)cccc2C1=O. The summed E-state index contributed by atoms with van der Waals surface area (Å²) in [7, 11) is 0. The van der Waals surface area contributed by atoms with E-state index < -0.39 is 23.9 Å². The molecule has 7 nitrogen and oxygen atoms in total.